The average molecular weight is 309 g/mol. The van der Waals surface area contributed by atoms with Crippen LogP contribution in [-0.4, -0.2) is 23.7 Å². The molecule has 1 heterocycles. The normalized spacial score (nSPS) is 19.3. The molecule has 1 aliphatic heterocycles. The Morgan fingerprint density at radius 2 is 2.28 bits per heavy atom. The minimum Gasteiger partial charge on any atom is -0.480 e. The second kappa shape index (κ2) is 5.40. The van der Waals surface area contributed by atoms with Crippen LogP contribution in [0.2, 0.25) is 0 Å². The molecule has 1 fully saturated rings. The first-order chi connectivity index (χ1) is 8.63. The number of nitriles is 1. The minimum absolute atomic E-state index is 0.520. The van der Waals surface area contributed by atoms with Gasteiger partial charge < -0.3 is 10.0 Å². The number of carboxylic acid groups (broad SMARTS) is 1. The summed E-state index contributed by atoms with van der Waals surface area (Å²) in [5.74, 6) is -0.821. The highest BCUT2D eigenvalue weighted by Crippen LogP contribution is 2.30. The Morgan fingerprint density at radius 1 is 1.50 bits per heavy atom. The van der Waals surface area contributed by atoms with Crippen molar-refractivity contribution >= 4 is 27.6 Å². The summed E-state index contributed by atoms with van der Waals surface area (Å²) in [5, 5.41) is 18.4. The van der Waals surface area contributed by atoms with Crippen LogP contribution in [0.25, 0.3) is 0 Å². The van der Waals surface area contributed by atoms with E-state index in [-0.39, 0.29) is 0 Å². The number of anilines is 1. The SMILES string of the molecule is N#Cc1ccc(Br)cc1N1CCCCC1C(=O)O. The predicted octanol–water partition coefficient (Wildman–Crippen LogP) is 2.76. The molecule has 1 atom stereocenters. The highest BCUT2D eigenvalue weighted by atomic mass is 79.9. The van der Waals surface area contributed by atoms with Crippen molar-refractivity contribution in [2.45, 2.75) is 25.3 Å². The summed E-state index contributed by atoms with van der Waals surface area (Å²) in [6, 6.07) is 6.92. The van der Waals surface area contributed by atoms with Crippen LogP contribution in [0.3, 0.4) is 0 Å². The highest BCUT2D eigenvalue weighted by Gasteiger charge is 2.29. The lowest BCUT2D eigenvalue weighted by molar-refractivity contribution is -0.139. The number of hydrogen-bond acceptors (Lipinski definition) is 3. The quantitative estimate of drug-likeness (QED) is 0.912. The fraction of sp³-hybridized carbons (Fsp3) is 0.385. The summed E-state index contributed by atoms with van der Waals surface area (Å²) in [5.41, 5.74) is 1.23. The second-order valence-electron chi connectivity index (χ2n) is 4.32. The number of nitrogens with zero attached hydrogens (tertiary/aromatic N) is 2. The lowest BCUT2D eigenvalue weighted by atomic mass is 10.00. The maximum absolute atomic E-state index is 11.3. The Hall–Kier alpha value is -1.54. The van der Waals surface area contributed by atoms with Crippen molar-refractivity contribution in [3.05, 3.63) is 28.2 Å². The molecule has 94 valence electrons. The maximum atomic E-state index is 11.3. The van der Waals surface area contributed by atoms with Crippen LogP contribution in [0.1, 0.15) is 24.8 Å². The molecule has 1 saturated heterocycles. The molecule has 0 aromatic heterocycles. The van der Waals surface area contributed by atoms with Gasteiger partial charge in [-0.2, -0.15) is 5.26 Å². The average Bonchev–Trinajstić information content (AvgIpc) is 2.38. The third-order valence-corrected chi connectivity index (χ3v) is 3.67. The van der Waals surface area contributed by atoms with Gasteiger partial charge in [0.25, 0.3) is 0 Å². The zero-order valence-corrected chi connectivity index (χ0v) is 11.4. The number of carboxylic acids is 1. The molecule has 0 aliphatic carbocycles. The fourth-order valence-electron chi connectivity index (χ4n) is 2.31. The largest absolute Gasteiger partial charge is 0.480 e. The molecule has 0 radical (unpaired) electrons. The van der Waals surface area contributed by atoms with Gasteiger partial charge in [-0.1, -0.05) is 15.9 Å². The Balaban J connectivity index is 2.42. The molecule has 1 aromatic carbocycles. The van der Waals surface area contributed by atoms with E-state index in [4.69, 9.17) is 5.26 Å². The number of rotatable bonds is 2. The van der Waals surface area contributed by atoms with E-state index in [2.05, 4.69) is 22.0 Å². The molecule has 0 spiro atoms. The van der Waals surface area contributed by atoms with Crippen LogP contribution < -0.4 is 4.90 Å². The van der Waals surface area contributed by atoms with E-state index >= 15 is 0 Å². The van der Waals surface area contributed by atoms with Gasteiger partial charge in [-0.15, -0.1) is 0 Å². The number of halogens is 1. The van der Waals surface area contributed by atoms with E-state index in [1.807, 2.05) is 11.0 Å². The van der Waals surface area contributed by atoms with Gasteiger partial charge in [-0.25, -0.2) is 4.79 Å². The van der Waals surface area contributed by atoms with Crippen molar-refractivity contribution in [1.82, 2.24) is 0 Å². The molecule has 5 heteroatoms. The molecule has 1 N–H and O–H groups in total. The summed E-state index contributed by atoms with van der Waals surface area (Å²) < 4.78 is 0.853. The standard InChI is InChI=1S/C13H13BrN2O2/c14-10-5-4-9(8-15)12(7-10)16-6-2-1-3-11(16)13(17)18/h4-5,7,11H,1-3,6H2,(H,17,18). The van der Waals surface area contributed by atoms with Crippen LogP contribution in [0.5, 0.6) is 0 Å². The third-order valence-electron chi connectivity index (χ3n) is 3.18. The Morgan fingerprint density at radius 3 is 2.94 bits per heavy atom. The smallest absolute Gasteiger partial charge is 0.326 e. The van der Waals surface area contributed by atoms with Crippen LogP contribution >= 0.6 is 15.9 Å². The van der Waals surface area contributed by atoms with Gasteiger partial charge in [-0.05, 0) is 37.5 Å². The molecule has 4 nitrogen and oxygen atoms in total. The summed E-state index contributed by atoms with van der Waals surface area (Å²) in [6.07, 6.45) is 2.51. The van der Waals surface area contributed by atoms with Crippen LogP contribution in [-0.2, 0) is 4.79 Å². The molecule has 1 unspecified atom stereocenters. The van der Waals surface area contributed by atoms with E-state index in [9.17, 15) is 9.90 Å². The van der Waals surface area contributed by atoms with E-state index in [0.717, 1.165) is 17.3 Å². The molecule has 0 saturated carbocycles. The Bertz CT molecular complexity index is 510. The van der Waals surface area contributed by atoms with E-state index in [1.165, 1.54) is 0 Å². The highest BCUT2D eigenvalue weighted by molar-refractivity contribution is 9.10. The van der Waals surface area contributed by atoms with Crippen molar-refractivity contribution in [2.75, 3.05) is 11.4 Å². The van der Waals surface area contributed by atoms with Crippen LogP contribution in [0, 0.1) is 11.3 Å². The van der Waals surface area contributed by atoms with Crippen molar-refractivity contribution in [1.29, 1.82) is 5.26 Å². The van der Waals surface area contributed by atoms with Gasteiger partial charge in [0.15, 0.2) is 0 Å². The molecular formula is C13H13BrN2O2. The summed E-state index contributed by atoms with van der Waals surface area (Å²) >= 11 is 3.37. The number of carbonyl (C=O) groups is 1. The summed E-state index contributed by atoms with van der Waals surface area (Å²) in [4.78, 5) is 13.1. The Kier molecular flexibility index (Phi) is 3.87. The van der Waals surface area contributed by atoms with E-state index in [1.54, 1.807) is 12.1 Å². The zero-order valence-electron chi connectivity index (χ0n) is 9.77. The number of piperidine rings is 1. The van der Waals surface area contributed by atoms with Crippen LogP contribution in [0.15, 0.2) is 22.7 Å². The predicted molar refractivity (Wildman–Crippen MR) is 71.5 cm³/mol. The summed E-state index contributed by atoms with van der Waals surface area (Å²) in [7, 11) is 0. The maximum Gasteiger partial charge on any atom is 0.326 e. The molecule has 0 bridgehead atoms. The third kappa shape index (κ3) is 2.49. The lowest BCUT2D eigenvalue weighted by Crippen LogP contribution is -2.45. The van der Waals surface area contributed by atoms with Gasteiger partial charge >= 0.3 is 5.97 Å². The van der Waals surface area contributed by atoms with Crippen molar-refractivity contribution in [3.63, 3.8) is 0 Å². The molecule has 1 aliphatic rings. The molecule has 2 rings (SSSR count). The fourth-order valence-corrected chi connectivity index (χ4v) is 2.66. The van der Waals surface area contributed by atoms with Gasteiger partial charge in [0, 0.05) is 11.0 Å². The monoisotopic (exact) mass is 308 g/mol. The van der Waals surface area contributed by atoms with Gasteiger partial charge in [0.1, 0.15) is 12.1 Å². The van der Waals surface area contributed by atoms with Crippen molar-refractivity contribution in [2.24, 2.45) is 0 Å². The van der Waals surface area contributed by atoms with Crippen molar-refractivity contribution in [3.8, 4) is 6.07 Å². The van der Waals surface area contributed by atoms with E-state index in [0.29, 0.717) is 24.2 Å². The van der Waals surface area contributed by atoms with Crippen LogP contribution in [0.4, 0.5) is 5.69 Å². The Labute approximate surface area is 114 Å². The molecule has 1 aromatic rings. The van der Waals surface area contributed by atoms with Gasteiger partial charge in [0.2, 0.25) is 0 Å². The van der Waals surface area contributed by atoms with E-state index < -0.39 is 12.0 Å². The number of benzene rings is 1. The summed E-state index contributed by atoms with van der Waals surface area (Å²) in [6.45, 7) is 0.683. The van der Waals surface area contributed by atoms with Gasteiger partial charge in [-0.3, -0.25) is 0 Å². The van der Waals surface area contributed by atoms with Gasteiger partial charge in [0.05, 0.1) is 11.3 Å². The molecule has 0 amide bonds. The first-order valence-electron chi connectivity index (χ1n) is 5.82. The molecule has 18 heavy (non-hydrogen) atoms. The number of aliphatic carboxylic acids is 1. The first-order valence-corrected chi connectivity index (χ1v) is 6.62. The second-order valence-corrected chi connectivity index (χ2v) is 5.23. The topological polar surface area (TPSA) is 64.3 Å². The molecular weight excluding hydrogens is 296 g/mol. The first kappa shape index (κ1) is 12.9. The number of hydrogen-bond donors (Lipinski definition) is 1. The minimum atomic E-state index is -0.821. The van der Waals surface area contributed by atoms with Crippen molar-refractivity contribution < 1.29 is 9.90 Å². The lowest BCUT2D eigenvalue weighted by Gasteiger charge is -2.35. The zero-order chi connectivity index (χ0) is 13.1.